The van der Waals surface area contributed by atoms with E-state index < -0.39 is 0 Å². The van der Waals surface area contributed by atoms with Gasteiger partial charge in [-0.3, -0.25) is 19.6 Å². The van der Waals surface area contributed by atoms with Crippen molar-refractivity contribution in [3.63, 3.8) is 0 Å². The fraction of sp³-hybridized carbons (Fsp3) is 0. The Morgan fingerprint density at radius 3 is 1.55 bits per heavy atom. The third-order valence-electron chi connectivity index (χ3n) is 4.82. The minimum Gasteiger partial charge on any atom is -0.319 e. The molecule has 2 N–H and O–H groups in total. The molecule has 6 nitrogen and oxygen atoms in total. The standard InChI is InChI=1S/C24H16N4O2S/c29-23(27-17-9-1-5-15-7-3-13-25-21(15)17)19-11-12-20(31-19)24(30)28-18-10-2-6-16-8-4-14-26-22(16)18/h1-14H,(H,27,29)(H,28,30). The second-order valence-electron chi connectivity index (χ2n) is 6.83. The topological polar surface area (TPSA) is 84.0 Å². The largest absolute Gasteiger partial charge is 0.319 e. The van der Waals surface area contributed by atoms with Gasteiger partial charge in [-0.05, 0) is 36.4 Å². The first-order valence-electron chi connectivity index (χ1n) is 9.59. The van der Waals surface area contributed by atoms with Crippen molar-refractivity contribution in [2.75, 3.05) is 10.6 Å². The van der Waals surface area contributed by atoms with Crippen LogP contribution in [0.5, 0.6) is 0 Å². The van der Waals surface area contributed by atoms with E-state index in [2.05, 4.69) is 20.6 Å². The van der Waals surface area contributed by atoms with Gasteiger partial charge in [-0.25, -0.2) is 0 Å². The Balaban J connectivity index is 1.35. The van der Waals surface area contributed by atoms with Gasteiger partial charge in [0, 0.05) is 23.2 Å². The number of aromatic nitrogens is 2. The van der Waals surface area contributed by atoms with Gasteiger partial charge in [0.1, 0.15) is 0 Å². The van der Waals surface area contributed by atoms with Crippen LogP contribution in [-0.2, 0) is 0 Å². The van der Waals surface area contributed by atoms with Crippen LogP contribution in [0.2, 0.25) is 0 Å². The number of rotatable bonds is 4. The zero-order chi connectivity index (χ0) is 21.2. The summed E-state index contributed by atoms with van der Waals surface area (Å²) in [4.78, 5) is 35.1. The molecule has 0 aliphatic heterocycles. The monoisotopic (exact) mass is 424 g/mol. The van der Waals surface area contributed by atoms with Gasteiger partial charge in [0.15, 0.2) is 0 Å². The lowest BCUT2D eigenvalue weighted by atomic mass is 10.2. The molecule has 7 heteroatoms. The number of carbonyl (C=O) groups is 2. The Hall–Kier alpha value is -4.10. The smallest absolute Gasteiger partial charge is 0.265 e. The summed E-state index contributed by atoms with van der Waals surface area (Å²) < 4.78 is 0. The summed E-state index contributed by atoms with van der Waals surface area (Å²) in [6.45, 7) is 0. The van der Waals surface area contributed by atoms with E-state index in [1.165, 1.54) is 0 Å². The lowest BCUT2D eigenvalue weighted by Gasteiger charge is -2.07. The molecule has 5 rings (SSSR count). The number of thiophene rings is 1. The van der Waals surface area contributed by atoms with Gasteiger partial charge in [-0.1, -0.05) is 36.4 Å². The molecule has 0 radical (unpaired) electrons. The number of para-hydroxylation sites is 2. The number of amides is 2. The van der Waals surface area contributed by atoms with E-state index in [0.717, 1.165) is 33.1 Å². The van der Waals surface area contributed by atoms with Crippen LogP contribution >= 0.6 is 11.3 Å². The van der Waals surface area contributed by atoms with Crippen LogP contribution in [0.4, 0.5) is 11.4 Å². The van der Waals surface area contributed by atoms with Gasteiger partial charge >= 0.3 is 0 Å². The molecule has 3 aromatic heterocycles. The number of carbonyl (C=O) groups excluding carboxylic acids is 2. The summed E-state index contributed by atoms with van der Waals surface area (Å²) >= 11 is 1.13. The van der Waals surface area contributed by atoms with E-state index in [0.29, 0.717) is 21.1 Å². The second-order valence-corrected chi connectivity index (χ2v) is 7.92. The molecular formula is C24H16N4O2S. The molecule has 0 saturated carbocycles. The van der Waals surface area contributed by atoms with E-state index in [1.807, 2.05) is 60.7 Å². The van der Waals surface area contributed by atoms with Crippen molar-refractivity contribution in [1.29, 1.82) is 0 Å². The highest BCUT2D eigenvalue weighted by Crippen LogP contribution is 2.25. The third kappa shape index (κ3) is 3.74. The van der Waals surface area contributed by atoms with E-state index in [9.17, 15) is 9.59 Å². The maximum absolute atomic E-state index is 12.8. The number of benzene rings is 2. The molecular weight excluding hydrogens is 408 g/mol. The quantitative estimate of drug-likeness (QED) is 0.407. The molecule has 5 aromatic rings. The van der Waals surface area contributed by atoms with Crippen molar-refractivity contribution in [3.8, 4) is 0 Å². The highest BCUT2D eigenvalue weighted by molar-refractivity contribution is 7.16. The van der Waals surface area contributed by atoms with Crippen molar-refractivity contribution < 1.29 is 9.59 Å². The fourth-order valence-corrected chi connectivity index (χ4v) is 4.16. The average molecular weight is 424 g/mol. The number of nitrogens with one attached hydrogen (secondary N) is 2. The maximum atomic E-state index is 12.8. The van der Waals surface area contributed by atoms with E-state index in [1.54, 1.807) is 24.5 Å². The lowest BCUT2D eigenvalue weighted by Crippen LogP contribution is -2.11. The van der Waals surface area contributed by atoms with Gasteiger partial charge in [0.25, 0.3) is 11.8 Å². The molecule has 0 aliphatic rings. The van der Waals surface area contributed by atoms with Crippen LogP contribution < -0.4 is 10.6 Å². The predicted molar refractivity (Wildman–Crippen MR) is 124 cm³/mol. The zero-order valence-corrected chi connectivity index (χ0v) is 17.0. The van der Waals surface area contributed by atoms with Gasteiger partial charge in [0.2, 0.25) is 0 Å². The van der Waals surface area contributed by atoms with E-state index in [4.69, 9.17) is 0 Å². The first kappa shape index (κ1) is 18.9. The minimum absolute atomic E-state index is 0.283. The molecule has 0 saturated heterocycles. The predicted octanol–water partition coefficient (Wildman–Crippen LogP) is 5.35. The first-order chi connectivity index (χ1) is 15.2. The van der Waals surface area contributed by atoms with Crippen molar-refractivity contribution >= 4 is 56.3 Å². The maximum Gasteiger partial charge on any atom is 0.265 e. The molecule has 150 valence electrons. The van der Waals surface area contributed by atoms with Crippen LogP contribution in [0.25, 0.3) is 21.8 Å². The minimum atomic E-state index is -0.283. The van der Waals surface area contributed by atoms with Gasteiger partial charge < -0.3 is 10.6 Å². The molecule has 0 bridgehead atoms. The second kappa shape index (κ2) is 7.97. The Morgan fingerprint density at radius 1 is 0.613 bits per heavy atom. The Kier molecular flexibility index (Phi) is 4.86. The number of pyridine rings is 2. The molecule has 0 spiro atoms. The first-order valence-corrected chi connectivity index (χ1v) is 10.4. The van der Waals surface area contributed by atoms with Gasteiger partial charge in [-0.2, -0.15) is 0 Å². The lowest BCUT2D eigenvalue weighted by molar-refractivity contribution is 0.102. The van der Waals surface area contributed by atoms with Crippen molar-refractivity contribution in [3.05, 3.63) is 94.9 Å². The summed E-state index contributed by atoms with van der Waals surface area (Å²) in [5, 5.41) is 7.67. The molecule has 2 amide bonds. The molecule has 3 heterocycles. The van der Waals surface area contributed by atoms with Crippen LogP contribution in [0.1, 0.15) is 19.3 Å². The fourth-order valence-electron chi connectivity index (χ4n) is 3.36. The summed E-state index contributed by atoms with van der Waals surface area (Å²) in [5.74, 6) is -0.567. The number of hydrogen-bond acceptors (Lipinski definition) is 5. The van der Waals surface area contributed by atoms with Crippen LogP contribution in [0.15, 0.2) is 85.2 Å². The van der Waals surface area contributed by atoms with Crippen molar-refractivity contribution in [1.82, 2.24) is 9.97 Å². The number of hydrogen-bond donors (Lipinski definition) is 2. The summed E-state index contributed by atoms with van der Waals surface area (Å²) in [7, 11) is 0. The van der Waals surface area contributed by atoms with Crippen molar-refractivity contribution in [2.45, 2.75) is 0 Å². The third-order valence-corrected chi connectivity index (χ3v) is 5.90. The summed E-state index contributed by atoms with van der Waals surface area (Å²) in [6.07, 6.45) is 3.38. The Bertz CT molecular complexity index is 1330. The summed E-state index contributed by atoms with van der Waals surface area (Å²) in [5.41, 5.74) is 2.70. The van der Waals surface area contributed by atoms with Crippen molar-refractivity contribution in [2.24, 2.45) is 0 Å². The van der Waals surface area contributed by atoms with Crippen LogP contribution in [0, 0.1) is 0 Å². The van der Waals surface area contributed by atoms with E-state index >= 15 is 0 Å². The molecule has 31 heavy (non-hydrogen) atoms. The Morgan fingerprint density at radius 2 is 1.06 bits per heavy atom. The van der Waals surface area contributed by atoms with E-state index in [-0.39, 0.29) is 11.8 Å². The van der Waals surface area contributed by atoms with Crippen LogP contribution in [0.3, 0.4) is 0 Å². The SMILES string of the molecule is O=C(Nc1cccc2cccnc12)c1ccc(C(=O)Nc2cccc3cccnc23)s1. The molecule has 0 aliphatic carbocycles. The van der Waals surface area contributed by atoms with Gasteiger partial charge in [-0.15, -0.1) is 11.3 Å². The molecule has 0 fully saturated rings. The van der Waals surface area contributed by atoms with Gasteiger partial charge in [0.05, 0.1) is 32.2 Å². The number of anilines is 2. The molecule has 0 atom stereocenters. The Labute approximate surface area is 181 Å². The normalized spacial score (nSPS) is 10.8. The zero-order valence-electron chi connectivity index (χ0n) is 16.2. The number of fused-ring (bicyclic) bond motifs is 2. The highest BCUT2D eigenvalue weighted by Gasteiger charge is 2.16. The summed E-state index contributed by atoms with van der Waals surface area (Å²) in [6, 6.07) is 22.1. The van der Waals surface area contributed by atoms with Crippen LogP contribution in [-0.4, -0.2) is 21.8 Å². The average Bonchev–Trinajstić information content (AvgIpc) is 3.30. The molecule has 2 aromatic carbocycles. The number of nitrogens with zero attached hydrogens (tertiary/aromatic N) is 2. The molecule has 0 unspecified atom stereocenters. The highest BCUT2D eigenvalue weighted by atomic mass is 32.1.